The third-order valence-electron chi connectivity index (χ3n) is 3.49. The average Bonchev–Trinajstić information content (AvgIpc) is 2.41. The quantitative estimate of drug-likeness (QED) is 0.725. The number of nitrogens with zero attached hydrogens (tertiary/aromatic N) is 1. The highest BCUT2D eigenvalue weighted by molar-refractivity contribution is 6.30. The van der Waals surface area contributed by atoms with Crippen LogP contribution in [0.3, 0.4) is 0 Å². The van der Waals surface area contributed by atoms with Crippen LogP contribution in [0.25, 0.3) is 0 Å². The number of quaternary nitrogens is 1. The number of hydrogen-bond donors (Lipinski definition) is 1. The van der Waals surface area contributed by atoms with Gasteiger partial charge < -0.3 is 19.7 Å². The summed E-state index contributed by atoms with van der Waals surface area (Å²) in [6, 6.07) is 7.23. The number of carbonyl (C=O) groups excluding carboxylic acids is 2. The molecule has 1 N–H and O–H groups in total. The average molecular weight is 297 g/mol. The molecule has 5 nitrogen and oxygen atoms in total. The normalized spacial score (nSPS) is 16.1. The second kappa shape index (κ2) is 6.72. The standard InChI is InChI=1S/C14H17ClN2O3/c15-12-3-1-11(2-4-12)9-13(18)17-7-5-16(6-8-17)10-14(19)20/h1-4H,5-10H2,(H,19,20). The van der Waals surface area contributed by atoms with E-state index in [-0.39, 0.29) is 12.5 Å². The third kappa shape index (κ3) is 4.21. The summed E-state index contributed by atoms with van der Waals surface area (Å²) in [6.45, 7) is 2.50. The largest absolute Gasteiger partial charge is 0.544 e. The lowest BCUT2D eigenvalue weighted by molar-refractivity contribution is -0.898. The molecule has 0 bridgehead atoms. The smallest absolute Gasteiger partial charge is 0.227 e. The first-order valence-electron chi connectivity index (χ1n) is 6.60. The van der Waals surface area contributed by atoms with E-state index < -0.39 is 5.97 Å². The molecule has 1 aromatic rings. The number of hydrogen-bond acceptors (Lipinski definition) is 3. The highest BCUT2D eigenvalue weighted by Crippen LogP contribution is 2.10. The first kappa shape index (κ1) is 14.8. The van der Waals surface area contributed by atoms with Crippen molar-refractivity contribution in [2.24, 2.45) is 0 Å². The number of aliphatic carboxylic acids is 1. The Kier molecular flexibility index (Phi) is 4.98. The summed E-state index contributed by atoms with van der Waals surface area (Å²) in [5, 5.41) is 11.2. The van der Waals surface area contributed by atoms with Gasteiger partial charge in [-0.25, -0.2) is 0 Å². The second-order valence-electron chi connectivity index (χ2n) is 4.98. The molecule has 1 amide bonds. The highest BCUT2D eigenvalue weighted by atomic mass is 35.5. The molecule has 1 heterocycles. The van der Waals surface area contributed by atoms with Crippen molar-refractivity contribution in [1.29, 1.82) is 0 Å². The number of carboxylic acid groups (broad SMARTS) is 1. The van der Waals surface area contributed by atoms with E-state index in [2.05, 4.69) is 0 Å². The van der Waals surface area contributed by atoms with Gasteiger partial charge in [0.2, 0.25) is 5.91 Å². The second-order valence-corrected chi connectivity index (χ2v) is 5.42. The van der Waals surface area contributed by atoms with Crippen molar-refractivity contribution in [3.8, 4) is 0 Å². The zero-order chi connectivity index (χ0) is 14.5. The number of carboxylic acids is 1. The van der Waals surface area contributed by atoms with Gasteiger partial charge in [-0.2, -0.15) is 0 Å². The van der Waals surface area contributed by atoms with Gasteiger partial charge in [0.1, 0.15) is 6.54 Å². The van der Waals surface area contributed by atoms with Crippen LogP contribution < -0.4 is 10.0 Å². The Bertz CT molecular complexity index is 482. The molecule has 0 saturated carbocycles. The van der Waals surface area contributed by atoms with Crippen molar-refractivity contribution in [2.45, 2.75) is 6.42 Å². The van der Waals surface area contributed by atoms with E-state index in [0.29, 0.717) is 37.6 Å². The monoisotopic (exact) mass is 296 g/mol. The number of halogens is 1. The van der Waals surface area contributed by atoms with Crippen LogP contribution >= 0.6 is 11.6 Å². The Morgan fingerprint density at radius 1 is 1.20 bits per heavy atom. The zero-order valence-corrected chi connectivity index (χ0v) is 11.9. The number of rotatable bonds is 4. The first-order chi connectivity index (χ1) is 9.54. The molecule has 108 valence electrons. The van der Waals surface area contributed by atoms with Crippen LogP contribution in [0.1, 0.15) is 5.56 Å². The van der Waals surface area contributed by atoms with E-state index in [1.807, 2.05) is 12.1 Å². The van der Waals surface area contributed by atoms with E-state index >= 15 is 0 Å². The first-order valence-corrected chi connectivity index (χ1v) is 6.98. The van der Waals surface area contributed by atoms with Gasteiger partial charge in [0, 0.05) is 5.02 Å². The minimum atomic E-state index is -1.04. The van der Waals surface area contributed by atoms with Crippen molar-refractivity contribution < 1.29 is 19.6 Å². The zero-order valence-electron chi connectivity index (χ0n) is 11.1. The Hall–Kier alpha value is -1.59. The van der Waals surface area contributed by atoms with Crippen molar-refractivity contribution in [3.63, 3.8) is 0 Å². The van der Waals surface area contributed by atoms with Crippen LogP contribution in [0.4, 0.5) is 0 Å². The van der Waals surface area contributed by atoms with Gasteiger partial charge in [-0.1, -0.05) is 23.7 Å². The Morgan fingerprint density at radius 3 is 2.35 bits per heavy atom. The number of benzene rings is 1. The number of amides is 1. The van der Waals surface area contributed by atoms with Gasteiger partial charge >= 0.3 is 0 Å². The predicted octanol–water partition coefficient (Wildman–Crippen LogP) is -1.64. The summed E-state index contributed by atoms with van der Waals surface area (Å²) in [5.41, 5.74) is 0.934. The lowest BCUT2D eigenvalue weighted by Gasteiger charge is -2.32. The maximum atomic E-state index is 12.1. The highest BCUT2D eigenvalue weighted by Gasteiger charge is 2.23. The molecule has 1 aromatic carbocycles. The van der Waals surface area contributed by atoms with Gasteiger partial charge in [0.15, 0.2) is 0 Å². The molecule has 0 aromatic heterocycles. The molecular formula is C14H17ClN2O3. The lowest BCUT2D eigenvalue weighted by Crippen LogP contribution is -3.16. The topological polar surface area (TPSA) is 64.9 Å². The summed E-state index contributed by atoms with van der Waals surface area (Å²) < 4.78 is 0. The van der Waals surface area contributed by atoms with Gasteiger partial charge in [-0.15, -0.1) is 0 Å². The minimum absolute atomic E-state index is 0.0131. The van der Waals surface area contributed by atoms with Gasteiger partial charge in [-0.3, -0.25) is 4.79 Å². The van der Waals surface area contributed by atoms with Crippen LogP contribution in [0.5, 0.6) is 0 Å². The molecule has 1 saturated heterocycles. The maximum absolute atomic E-state index is 12.1. The van der Waals surface area contributed by atoms with Gasteiger partial charge in [0.25, 0.3) is 0 Å². The lowest BCUT2D eigenvalue weighted by atomic mass is 10.1. The van der Waals surface area contributed by atoms with E-state index in [1.54, 1.807) is 17.0 Å². The van der Waals surface area contributed by atoms with E-state index in [0.717, 1.165) is 10.5 Å². The maximum Gasteiger partial charge on any atom is 0.227 e. The Morgan fingerprint density at radius 2 is 1.80 bits per heavy atom. The summed E-state index contributed by atoms with van der Waals surface area (Å²) >= 11 is 5.80. The van der Waals surface area contributed by atoms with Gasteiger partial charge in [-0.05, 0) is 17.7 Å². The fourth-order valence-electron chi connectivity index (χ4n) is 2.34. The molecule has 0 radical (unpaired) electrons. The predicted molar refractivity (Wildman–Crippen MR) is 72.3 cm³/mol. The van der Waals surface area contributed by atoms with Gasteiger partial charge in [0.05, 0.1) is 38.6 Å². The number of piperazine rings is 1. The Labute approximate surface area is 122 Å². The molecular weight excluding hydrogens is 280 g/mol. The number of carbonyl (C=O) groups is 2. The van der Waals surface area contributed by atoms with Crippen molar-refractivity contribution in [1.82, 2.24) is 4.90 Å². The molecule has 0 atom stereocenters. The van der Waals surface area contributed by atoms with Crippen LogP contribution in [-0.2, 0) is 16.0 Å². The fraction of sp³-hybridized carbons (Fsp3) is 0.429. The molecule has 20 heavy (non-hydrogen) atoms. The summed E-state index contributed by atoms with van der Waals surface area (Å²) in [6.07, 6.45) is 0.354. The molecule has 0 unspecified atom stereocenters. The minimum Gasteiger partial charge on any atom is -0.544 e. The van der Waals surface area contributed by atoms with E-state index in [9.17, 15) is 14.7 Å². The van der Waals surface area contributed by atoms with Crippen LogP contribution in [0.15, 0.2) is 24.3 Å². The molecule has 1 aliphatic heterocycles. The molecule has 1 fully saturated rings. The van der Waals surface area contributed by atoms with Crippen molar-refractivity contribution in [2.75, 3.05) is 32.7 Å². The summed E-state index contributed by atoms with van der Waals surface area (Å²) in [4.78, 5) is 25.4. The third-order valence-corrected chi connectivity index (χ3v) is 3.74. The van der Waals surface area contributed by atoms with E-state index in [1.165, 1.54) is 0 Å². The SMILES string of the molecule is O=C([O-])C[NH+]1CCN(C(=O)Cc2ccc(Cl)cc2)CC1. The number of nitrogens with one attached hydrogen (secondary N) is 1. The molecule has 1 aliphatic rings. The molecule has 2 rings (SSSR count). The molecule has 0 spiro atoms. The molecule has 6 heteroatoms. The van der Waals surface area contributed by atoms with Crippen LogP contribution in [0.2, 0.25) is 5.02 Å². The van der Waals surface area contributed by atoms with Crippen molar-refractivity contribution in [3.05, 3.63) is 34.9 Å². The Balaban J connectivity index is 1.82. The molecule has 0 aliphatic carbocycles. The summed E-state index contributed by atoms with van der Waals surface area (Å²) in [7, 11) is 0. The van der Waals surface area contributed by atoms with Crippen LogP contribution in [0, 0.1) is 0 Å². The van der Waals surface area contributed by atoms with E-state index in [4.69, 9.17) is 11.6 Å². The fourth-order valence-corrected chi connectivity index (χ4v) is 2.47. The van der Waals surface area contributed by atoms with Crippen LogP contribution in [-0.4, -0.2) is 49.5 Å². The van der Waals surface area contributed by atoms with Crippen molar-refractivity contribution >= 4 is 23.5 Å². The summed E-state index contributed by atoms with van der Waals surface area (Å²) in [5.74, 6) is -0.972.